The predicted octanol–water partition coefficient (Wildman–Crippen LogP) is 2.45. The molecule has 2 amide bonds. The number of rotatable bonds is 2. The topological polar surface area (TPSA) is 49.4 Å². The summed E-state index contributed by atoms with van der Waals surface area (Å²) >= 11 is 0. The van der Waals surface area contributed by atoms with Crippen LogP contribution in [0.3, 0.4) is 0 Å². The van der Waals surface area contributed by atoms with Crippen LogP contribution < -0.4 is 5.32 Å². The number of carbonyl (C=O) groups is 2. The first-order valence-electron chi connectivity index (χ1n) is 7.30. The third kappa shape index (κ3) is 3.38. The monoisotopic (exact) mass is 274 g/mol. The van der Waals surface area contributed by atoms with Crippen molar-refractivity contribution < 1.29 is 9.59 Å². The summed E-state index contributed by atoms with van der Waals surface area (Å²) in [5, 5.41) is 2.74. The van der Waals surface area contributed by atoms with Crippen LogP contribution in [0.2, 0.25) is 0 Å². The molecule has 0 aromatic heterocycles. The Hall–Kier alpha value is -1.84. The van der Waals surface area contributed by atoms with Crippen LogP contribution in [0, 0.1) is 5.92 Å². The quantitative estimate of drug-likeness (QED) is 0.842. The highest BCUT2D eigenvalue weighted by molar-refractivity contribution is 6.39. The van der Waals surface area contributed by atoms with E-state index in [0.29, 0.717) is 19.0 Å². The van der Waals surface area contributed by atoms with Crippen molar-refractivity contribution in [3.05, 3.63) is 29.8 Å². The van der Waals surface area contributed by atoms with Crippen molar-refractivity contribution in [2.75, 3.05) is 18.4 Å². The van der Waals surface area contributed by atoms with Crippen LogP contribution in [0.5, 0.6) is 0 Å². The fraction of sp³-hybridized carbons (Fsp3) is 0.500. The number of likely N-dealkylation sites (tertiary alicyclic amines) is 1. The van der Waals surface area contributed by atoms with E-state index in [-0.39, 0.29) is 0 Å². The molecule has 0 unspecified atom stereocenters. The predicted molar refractivity (Wildman–Crippen MR) is 79.4 cm³/mol. The number of amides is 2. The first kappa shape index (κ1) is 14.6. The summed E-state index contributed by atoms with van der Waals surface area (Å²) in [6.45, 7) is 5.57. The lowest BCUT2D eigenvalue weighted by Crippen LogP contribution is -2.43. The van der Waals surface area contributed by atoms with E-state index in [1.54, 1.807) is 4.90 Å². The second-order valence-corrected chi connectivity index (χ2v) is 5.44. The van der Waals surface area contributed by atoms with Crippen LogP contribution in [0.1, 0.15) is 32.3 Å². The van der Waals surface area contributed by atoms with Gasteiger partial charge in [-0.05, 0) is 36.8 Å². The number of anilines is 1. The minimum Gasteiger partial charge on any atom is -0.334 e. The molecule has 4 nitrogen and oxygen atoms in total. The standard InChI is InChI=1S/C16H22N2O2/c1-3-13-6-4-5-7-14(13)17-15(19)16(20)18-10-8-12(2)9-11-18/h4-7,12H,3,8-11H2,1-2H3,(H,17,19). The largest absolute Gasteiger partial charge is 0.334 e. The number of nitrogens with zero attached hydrogens (tertiary/aromatic N) is 1. The lowest BCUT2D eigenvalue weighted by Gasteiger charge is -2.29. The van der Waals surface area contributed by atoms with E-state index in [4.69, 9.17) is 0 Å². The highest BCUT2D eigenvalue weighted by Gasteiger charge is 2.25. The van der Waals surface area contributed by atoms with Crippen molar-refractivity contribution in [2.45, 2.75) is 33.1 Å². The van der Waals surface area contributed by atoms with E-state index in [0.717, 1.165) is 30.5 Å². The molecule has 2 rings (SSSR count). The molecule has 1 aliphatic rings. The van der Waals surface area contributed by atoms with E-state index >= 15 is 0 Å². The van der Waals surface area contributed by atoms with Crippen molar-refractivity contribution in [3.8, 4) is 0 Å². The SMILES string of the molecule is CCc1ccccc1NC(=O)C(=O)N1CCC(C)CC1. The van der Waals surface area contributed by atoms with Gasteiger partial charge in [-0.15, -0.1) is 0 Å². The zero-order valence-corrected chi connectivity index (χ0v) is 12.2. The Kier molecular flexibility index (Phi) is 4.77. The van der Waals surface area contributed by atoms with Gasteiger partial charge in [-0.2, -0.15) is 0 Å². The Morgan fingerprint density at radius 3 is 2.55 bits per heavy atom. The molecule has 1 heterocycles. The van der Waals surface area contributed by atoms with E-state index < -0.39 is 11.8 Å². The van der Waals surface area contributed by atoms with Gasteiger partial charge in [0.05, 0.1) is 0 Å². The molecule has 0 aliphatic carbocycles. The van der Waals surface area contributed by atoms with Gasteiger partial charge in [-0.25, -0.2) is 0 Å². The molecule has 1 N–H and O–H groups in total. The number of nitrogens with one attached hydrogen (secondary N) is 1. The second-order valence-electron chi connectivity index (χ2n) is 5.44. The van der Waals surface area contributed by atoms with Gasteiger partial charge in [0.25, 0.3) is 0 Å². The molecule has 20 heavy (non-hydrogen) atoms. The van der Waals surface area contributed by atoms with Gasteiger partial charge < -0.3 is 10.2 Å². The molecule has 0 bridgehead atoms. The Morgan fingerprint density at radius 1 is 1.25 bits per heavy atom. The molecule has 1 aliphatic heterocycles. The van der Waals surface area contributed by atoms with E-state index in [2.05, 4.69) is 12.2 Å². The molecular weight excluding hydrogens is 252 g/mol. The number of piperidine rings is 1. The third-order valence-corrected chi connectivity index (χ3v) is 3.91. The molecule has 0 radical (unpaired) electrons. The fourth-order valence-corrected chi connectivity index (χ4v) is 2.48. The van der Waals surface area contributed by atoms with Crippen molar-refractivity contribution in [2.24, 2.45) is 5.92 Å². The summed E-state index contributed by atoms with van der Waals surface area (Å²) < 4.78 is 0. The van der Waals surface area contributed by atoms with Gasteiger partial charge in [0.1, 0.15) is 0 Å². The Morgan fingerprint density at radius 2 is 1.90 bits per heavy atom. The lowest BCUT2D eigenvalue weighted by molar-refractivity contribution is -0.144. The average molecular weight is 274 g/mol. The maximum absolute atomic E-state index is 12.1. The zero-order chi connectivity index (χ0) is 14.5. The van der Waals surface area contributed by atoms with Crippen LogP contribution in [0.4, 0.5) is 5.69 Å². The van der Waals surface area contributed by atoms with Gasteiger partial charge in [-0.1, -0.05) is 32.0 Å². The highest BCUT2D eigenvalue weighted by atomic mass is 16.2. The summed E-state index contributed by atoms with van der Waals surface area (Å²) in [5.74, 6) is -0.300. The summed E-state index contributed by atoms with van der Waals surface area (Å²) in [5.41, 5.74) is 1.78. The molecule has 1 aromatic carbocycles. The Balaban J connectivity index is 1.99. The Labute approximate surface area is 120 Å². The molecule has 0 spiro atoms. The molecular formula is C16H22N2O2. The van der Waals surface area contributed by atoms with Crippen LogP contribution >= 0.6 is 0 Å². The van der Waals surface area contributed by atoms with Gasteiger partial charge in [0.15, 0.2) is 0 Å². The normalized spacial score (nSPS) is 16.0. The molecule has 0 saturated carbocycles. The van der Waals surface area contributed by atoms with E-state index in [1.165, 1.54) is 0 Å². The van der Waals surface area contributed by atoms with Crippen LogP contribution in [-0.4, -0.2) is 29.8 Å². The summed E-state index contributed by atoms with van der Waals surface area (Å²) in [4.78, 5) is 25.8. The number of benzene rings is 1. The molecule has 1 aromatic rings. The molecule has 4 heteroatoms. The smallest absolute Gasteiger partial charge is 0.313 e. The minimum absolute atomic E-state index is 0.414. The Bertz CT molecular complexity index is 491. The maximum Gasteiger partial charge on any atom is 0.313 e. The highest BCUT2D eigenvalue weighted by Crippen LogP contribution is 2.18. The minimum atomic E-state index is -0.527. The van der Waals surface area contributed by atoms with Gasteiger partial charge >= 0.3 is 11.8 Å². The molecule has 0 atom stereocenters. The lowest BCUT2D eigenvalue weighted by atomic mass is 9.99. The molecule has 108 valence electrons. The van der Waals surface area contributed by atoms with E-state index in [1.807, 2.05) is 31.2 Å². The van der Waals surface area contributed by atoms with Gasteiger partial charge in [0.2, 0.25) is 0 Å². The zero-order valence-electron chi connectivity index (χ0n) is 12.2. The number of hydrogen-bond donors (Lipinski definition) is 1. The first-order valence-corrected chi connectivity index (χ1v) is 7.30. The molecule has 1 saturated heterocycles. The average Bonchev–Trinajstić information content (AvgIpc) is 2.48. The number of carbonyl (C=O) groups excluding carboxylic acids is 2. The number of hydrogen-bond acceptors (Lipinski definition) is 2. The number of aryl methyl sites for hydroxylation is 1. The van der Waals surface area contributed by atoms with Crippen LogP contribution in [-0.2, 0) is 16.0 Å². The number of para-hydroxylation sites is 1. The summed E-state index contributed by atoms with van der Waals surface area (Å²) in [6.07, 6.45) is 2.78. The van der Waals surface area contributed by atoms with Crippen LogP contribution in [0.15, 0.2) is 24.3 Å². The first-order chi connectivity index (χ1) is 9.61. The van der Waals surface area contributed by atoms with Crippen molar-refractivity contribution in [3.63, 3.8) is 0 Å². The van der Waals surface area contributed by atoms with E-state index in [9.17, 15) is 9.59 Å². The van der Waals surface area contributed by atoms with Crippen molar-refractivity contribution >= 4 is 17.5 Å². The van der Waals surface area contributed by atoms with Gasteiger partial charge in [-0.3, -0.25) is 9.59 Å². The third-order valence-electron chi connectivity index (χ3n) is 3.91. The van der Waals surface area contributed by atoms with Crippen molar-refractivity contribution in [1.82, 2.24) is 4.90 Å². The summed E-state index contributed by atoms with van der Waals surface area (Å²) in [7, 11) is 0. The summed E-state index contributed by atoms with van der Waals surface area (Å²) in [6, 6.07) is 7.59. The maximum atomic E-state index is 12.1. The molecule has 1 fully saturated rings. The fourth-order valence-electron chi connectivity index (χ4n) is 2.48. The van der Waals surface area contributed by atoms with Gasteiger partial charge in [0, 0.05) is 18.8 Å². The second kappa shape index (κ2) is 6.55. The van der Waals surface area contributed by atoms with Crippen molar-refractivity contribution in [1.29, 1.82) is 0 Å². The van der Waals surface area contributed by atoms with Crippen LogP contribution in [0.25, 0.3) is 0 Å².